The van der Waals surface area contributed by atoms with E-state index in [1.165, 1.54) is 231 Å². The van der Waals surface area contributed by atoms with E-state index in [9.17, 15) is 20.4 Å². The molecule has 0 aromatic rings. The topological polar surface area (TPSA) is 80.9 Å². The Kier molecular flexibility index (Phi) is 62.7. The average Bonchev–Trinajstić information content (AvgIpc) is 0.724. The van der Waals surface area contributed by atoms with Crippen LogP contribution in [0, 0.1) is 27.1 Å². The van der Waals surface area contributed by atoms with E-state index >= 15 is 0 Å². The maximum atomic E-state index is 14.3. The van der Waals surface area contributed by atoms with Crippen molar-refractivity contribution < 1.29 is 20.4 Å². The standard InChI is InChI=1S/C87H168O4S8/c1-11-19-27-33-39-45-57-92-69-84(70-93-58-46-40-34-28-20-12-2)65-77(67-86(81(84)90,73-96-61-49-43-37-31-23-15-5)75-98-63-51-55-79(88)53-25-17-7)83(9,10)78-66-85(71-94-59-47-41-35-29-21-13-3,72-95-60-48-42-36-30-22-14-4)82(91)87(68-78,74-97-62-50-44-38-32-24-16-6)76-99-64-52-56-80(89)54-26-18-8/h65-66,79-82,88-91H,11-64,67-76H2,1-10H3. The molecule has 6 unspecified atom stereocenters. The van der Waals surface area contributed by atoms with Gasteiger partial charge in [-0.05, 0) is 136 Å². The number of hydrogen-bond donors (Lipinski definition) is 4. The molecule has 2 aliphatic rings. The third kappa shape index (κ3) is 42.8. The zero-order valence-corrected chi connectivity index (χ0v) is 73.8. The van der Waals surface area contributed by atoms with Crippen molar-refractivity contribution in [3.8, 4) is 0 Å². The molecular weight excluding hydrogens is 1370 g/mol. The first kappa shape index (κ1) is 97.2. The summed E-state index contributed by atoms with van der Waals surface area (Å²) in [6.07, 6.45) is 63.4. The molecule has 0 aliphatic heterocycles. The van der Waals surface area contributed by atoms with Crippen molar-refractivity contribution in [2.75, 3.05) is 92.0 Å². The minimum Gasteiger partial charge on any atom is -0.393 e. The SMILES string of the molecule is CCCCCCCCSCC1(CSCCCCCCCC)C=C(C(C)(C)C2=CC(CSCCCCCCCC)(CSCCCCCCCC)C(O)C(CSCCCCCCCC)(CSCCCC(O)CCCC)C2)CC(CSCCCCCCCC)(CSCCCC(O)CCCC)C1O. The molecule has 99 heavy (non-hydrogen) atoms. The lowest BCUT2D eigenvalue weighted by Gasteiger charge is -2.56. The first-order chi connectivity index (χ1) is 48.2. The molecule has 0 spiro atoms. The Balaban J connectivity index is 3.16. The summed E-state index contributed by atoms with van der Waals surface area (Å²) in [5.41, 5.74) is 1.49. The molecule has 0 radical (unpaired) electrons. The predicted molar refractivity (Wildman–Crippen MR) is 469 cm³/mol. The summed E-state index contributed by atoms with van der Waals surface area (Å²) in [7, 11) is 0. The van der Waals surface area contributed by atoms with Gasteiger partial charge < -0.3 is 20.4 Å². The summed E-state index contributed by atoms with van der Waals surface area (Å²) < 4.78 is 0. The number of aliphatic hydroxyl groups is 4. The van der Waals surface area contributed by atoms with E-state index in [2.05, 4.69) is 175 Å². The van der Waals surface area contributed by atoms with Crippen LogP contribution in [0.3, 0.4) is 0 Å². The number of rotatable bonds is 74. The van der Waals surface area contributed by atoms with Crippen molar-refractivity contribution in [2.45, 2.75) is 402 Å². The van der Waals surface area contributed by atoms with Crippen molar-refractivity contribution in [3.63, 3.8) is 0 Å². The van der Waals surface area contributed by atoms with Gasteiger partial charge >= 0.3 is 0 Å². The summed E-state index contributed by atoms with van der Waals surface area (Å²) in [4.78, 5) is 0. The van der Waals surface area contributed by atoms with Crippen LogP contribution in [0.1, 0.15) is 377 Å². The van der Waals surface area contributed by atoms with E-state index in [0.29, 0.717) is 0 Å². The summed E-state index contributed by atoms with van der Waals surface area (Å²) in [6.45, 7) is 23.8. The normalized spacial score (nSPS) is 20.0. The number of unbranched alkanes of at least 4 members (excludes halogenated alkanes) is 32. The van der Waals surface area contributed by atoms with Gasteiger partial charge in [0.1, 0.15) is 0 Å². The molecule has 588 valence electrons. The highest BCUT2D eigenvalue weighted by Crippen LogP contribution is 2.61. The van der Waals surface area contributed by atoms with E-state index in [-0.39, 0.29) is 39.3 Å². The monoisotopic (exact) mass is 1530 g/mol. The smallest absolute Gasteiger partial charge is 0.0721 e. The van der Waals surface area contributed by atoms with Gasteiger partial charge in [-0.1, -0.05) is 311 Å². The van der Waals surface area contributed by atoms with Crippen LogP contribution in [0.2, 0.25) is 0 Å². The van der Waals surface area contributed by atoms with Crippen LogP contribution in [0.15, 0.2) is 23.3 Å². The molecule has 2 aliphatic carbocycles. The summed E-state index contributed by atoms with van der Waals surface area (Å²) in [5.74, 6) is 16.8. The van der Waals surface area contributed by atoms with Gasteiger partial charge in [-0.15, -0.1) is 0 Å². The Morgan fingerprint density at radius 1 is 0.293 bits per heavy atom. The Hall–Kier alpha value is 2.12. The molecule has 4 N–H and O–H groups in total. The third-order valence-electron chi connectivity index (χ3n) is 22.2. The molecule has 0 heterocycles. The van der Waals surface area contributed by atoms with Gasteiger partial charge in [0.25, 0.3) is 0 Å². The van der Waals surface area contributed by atoms with Crippen LogP contribution in [-0.4, -0.2) is 137 Å². The number of allylic oxidation sites excluding steroid dienone is 2. The van der Waals surface area contributed by atoms with E-state index in [4.69, 9.17) is 0 Å². The predicted octanol–water partition coefficient (Wildman–Crippen LogP) is 28.0. The van der Waals surface area contributed by atoms with Crippen LogP contribution in [0.4, 0.5) is 0 Å². The third-order valence-corrected chi connectivity index (χ3v) is 32.9. The fourth-order valence-corrected chi connectivity index (χ4v) is 26.2. The highest BCUT2D eigenvalue weighted by molar-refractivity contribution is 8.01. The van der Waals surface area contributed by atoms with Gasteiger partial charge in [0.05, 0.1) is 24.4 Å². The van der Waals surface area contributed by atoms with Gasteiger partial charge in [0, 0.05) is 73.1 Å². The van der Waals surface area contributed by atoms with Crippen LogP contribution in [0.5, 0.6) is 0 Å². The first-order valence-electron chi connectivity index (χ1n) is 43.0. The minimum atomic E-state index is -0.453. The van der Waals surface area contributed by atoms with E-state index in [1.807, 2.05) is 0 Å². The Bertz CT molecular complexity index is 1700. The fourth-order valence-electron chi connectivity index (χ4n) is 15.4. The van der Waals surface area contributed by atoms with Gasteiger partial charge in [0.15, 0.2) is 0 Å². The Morgan fingerprint density at radius 3 is 0.717 bits per heavy atom. The molecule has 0 aromatic heterocycles. The second-order valence-electron chi connectivity index (χ2n) is 32.2. The molecular formula is C87H168O4S8. The number of hydrogen-bond acceptors (Lipinski definition) is 12. The highest BCUT2D eigenvalue weighted by Gasteiger charge is 2.58. The molecule has 12 heteroatoms. The lowest BCUT2D eigenvalue weighted by atomic mass is 9.55. The number of thioether (sulfide) groups is 8. The van der Waals surface area contributed by atoms with Crippen molar-refractivity contribution >= 4 is 94.1 Å². The van der Waals surface area contributed by atoms with E-state index in [0.717, 1.165) is 169 Å². The van der Waals surface area contributed by atoms with Crippen molar-refractivity contribution in [2.24, 2.45) is 27.1 Å². The van der Waals surface area contributed by atoms with E-state index < -0.39 is 12.2 Å². The quantitative estimate of drug-likeness (QED) is 0.0346. The first-order valence-corrected chi connectivity index (χ1v) is 52.2. The second-order valence-corrected chi connectivity index (χ2v) is 41.1. The lowest BCUT2D eigenvalue weighted by Crippen LogP contribution is -2.58. The molecule has 0 saturated carbocycles. The molecule has 0 saturated heterocycles. The Labute approximate surface area is 653 Å². The largest absolute Gasteiger partial charge is 0.393 e. The number of aliphatic hydroxyl groups excluding tert-OH is 4. The summed E-state index contributed by atoms with van der Waals surface area (Å²) >= 11 is 17.3. The second kappa shape index (κ2) is 63.8. The minimum absolute atomic E-state index is 0.219. The highest BCUT2D eigenvalue weighted by atomic mass is 32.2. The maximum absolute atomic E-state index is 14.3. The zero-order valence-electron chi connectivity index (χ0n) is 67.3. The van der Waals surface area contributed by atoms with Crippen molar-refractivity contribution in [1.29, 1.82) is 0 Å². The summed E-state index contributed by atoms with van der Waals surface area (Å²) in [5, 5.41) is 50.9. The average molecular weight is 1530 g/mol. The van der Waals surface area contributed by atoms with Crippen LogP contribution < -0.4 is 0 Å². The van der Waals surface area contributed by atoms with Gasteiger partial charge in [-0.3, -0.25) is 0 Å². The van der Waals surface area contributed by atoms with Crippen LogP contribution in [-0.2, 0) is 0 Å². The lowest BCUT2D eigenvalue weighted by molar-refractivity contribution is -0.0270. The van der Waals surface area contributed by atoms with E-state index in [1.54, 1.807) is 11.1 Å². The summed E-state index contributed by atoms with van der Waals surface area (Å²) in [6, 6.07) is 0. The zero-order chi connectivity index (χ0) is 72.3. The molecule has 4 nitrogen and oxygen atoms in total. The molecule has 2 rings (SSSR count). The molecule has 0 amide bonds. The van der Waals surface area contributed by atoms with Gasteiger partial charge in [-0.2, -0.15) is 94.1 Å². The molecule has 0 fully saturated rings. The molecule has 6 atom stereocenters. The Morgan fingerprint density at radius 2 is 0.485 bits per heavy atom. The molecule has 0 bridgehead atoms. The van der Waals surface area contributed by atoms with Gasteiger partial charge in [0.2, 0.25) is 0 Å². The van der Waals surface area contributed by atoms with Crippen LogP contribution in [0.25, 0.3) is 0 Å². The molecule has 0 aromatic carbocycles. The van der Waals surface area contributed by atoms with Crippen molar-refractivity contribution in [1.82, 2.24) is 0 Å². The fraction of sp³-hybridized carbons (Fsp3) is 0.954. The van der Waals surface area contributed by atoms with Crippen molar-refractivity contribution in [3.05, 3.63) is 23.3 Å². The van der Waals surface area contributed by atoms with Crippen LogP contribution >= 0.6 is 94.1 Å². The van der Waals surface area contributed by atoms with Gasteiger partial charge in [-0.25, -0.2) is 0 Å². The maximum Gasteiger partial charge on any atom is 0.0721 e.